The predicted molar refractivity (Wildman–Crippen MR) is 73.9 cm³/mol. The number of amides is 1. The maximum Gasteiger partial charge on any atom is 0.417 e. The van der Waals surface area contributed by atoms with Gasteiger partial charge in [-0.3, -0.25) is 4.79 Å². The molecule has 0 heterocycles. The predicted octanol–water partition coefficient (Wildman–Crippen LogP) is 4.36. The van der Waals surface area contributed by atoms with Crippen LogP contribution in [-0.2, 0) is 6.18 Å². The van der Waals surface area contributed by atoms with Crippen molar-refractivity contribution in [3.8, 4) is 0 Å². The molecule has 1 amide bonds. The zero-order chi connectivity index (χ0) is 14.9. The number of hydrogen-bond acceptors (Lipinski definition) is 1. The Balaban J connectivity index is 2.25. The van der Waals surface area contributed by atoms with Crippen LogP contribution in [0, 0.1) is 0 Å². The molecule has 110 valence electrons. The first-order valence-corrected chi connectivity index (χ1v) is 7.33. The van der Waals surface area contributed by atoms with Crippen LogP contribution in [0.25, 0.3) is 0 Å². The molecule has 2 rings (SSSR count). The molecular weight excluding hydrogens is 358 g/mol. The minimum Gasteiger partial charge on any atom is -0.348 e. The zero-order valence-corrected chi connectivity index (χ0v) is 12.6. The molecule has 0 bridgehead atoms. The van der Waals surface area contributed by atoms with E-state index in [0.29, 0.717) is 6.42 Å². The van der Waals surface area contributed by atoms with Gasteiger partial charge in [-0.2, -0.15) is 13.2 Å². The third-order valence-corrected chi connectivity index (χ3v) is 4.30. The van der Waals surface area contributed by atoms with E-state index in [1.54, 1.807) is 0 Å². The largest absolute Gasteiger partial charge is 0.417 e. The van der Waals surface area contributed by atoms with E-state index in [2.05, 4.69) is 21.2 Å². The van der Waals surface area contributed by atoms with Crippen molar-refractivity contribution in [2.75, 3.05) is 0 Å². The molecule has 1 saturated carbocycles. The lowest BCUT2D eigenvalue weighted by Crippen LogP contribution is -2.38. The van der Waals surface area contributed by atoms with Crippen LogP contribution in [0.3, 0.4) is 0 Å². The van der Waals surface area contributed by atoms with E-state index in [1.165, 1.54) is 12.1 Å². The molecule has 0 saturated heterocycles. The monoisotopic (exact) mass is 369 g/mol. The van der Waals surface area contributed by atoms with Crippen molar-refractivity contribution in [3.05, 3.63) is 33.8 Å². The van der Waals surface area contributed by atoms with Crippen LogP contribution in [0.2, 0.25) is 0 Å². The molecule has 20 heavy (non-hydrogen) atoms. The molecule has 1 aromatic carbocycles. The Kier molecular flexibility index (Phi) is 4.64. The molecule has 2 atom stereocenters. The second-order valence-corrected chi connectivity index (χ2v) is 6.19. The van der Waals surface area contributed by atoms with Gasteiger partial charge in [0.2, 0.25) is 0 Å². The average molecular weight is 371 g/mol. The smallest absolute Gasteiger partial charge is 0.348 e. The van der Waals surface area contributed by atoms with Crippen molar-refractivity contribution >= 4 is 33.4 Å². The summed E-state index contributed by atoms with van der Waals surface area (Å²) in [4.78, 5) is 12.0. The number of rotatable bonds is 2. The molecule has 0 aliphatic heterocycles. The fourth-order valence-corrected chi connectivity index (χ4v) is 2.98. The summed E-state index contributed by atoms with van der Waals surface area (Å²) in [6.45, 7) is 0. The molecule has 2 unspecified atom stereocenters. The van der Waals surface area contributed by atoms with E-state index in [1.807, 2.05) is 0 Å². The van der Waals surface area contributed by atoms with Crippen LogP contribution in [0.15, 0.2) is 22.7 Å². The van der Waals surface area contributed by atoms with E-state index in [9.17, 15) is 18.0 Å². The Bertz CT molecular complexity index is 521. The number of nitrogens with one attached hydrogen (secondary N) is 1. The van der Waals surface area contributed by atoms with E-state index in [0.717, 1.165) is 18.9 Å². The van der Waals surface area contributed by atoms with Crippen molar-refractivity contribution in [1.82, 2.24) is 5.32 Å². The molecular formula is C13H12BrClF3NO. The highest BCUT2D eigenvalue weighted by atomic mass is 79.9. The fourth-order valence-electron chi connectivity index (χ4n) is 2.27. The summed E-state index contributed by atoms with van der Waals surface area (Å²) < 4.78 is 39.1. The van der Waals surface area contributed by atoms with E-state index in [-0.39, 0.29) is 21.5 Å². The number of carbonyl (C=O) groups excluding carboxylic acids is 1. The Labute approximate surface area is 127 Å². The molecule has 7 heteroatoms. The molecule has 1 aromatic rings. The summed E-state index contributed by atoms with van der Waals surface area (Å²) in [7, 11) is 0. The van der Waals surface area contributed by atoms with Crippen molar-refractivity contribution in [3.63, 3.8) is 0 Å². The van der Waals surface area contributed by atoms with Gasteiger partial charge in [0.25, 0.3) is 5.91 Å². The first kappa shape index (κ1) is 15.6. The first-order chi connectivity index (χ1) is 9.29. The van der Waals surface area contributed by atoms with Crippen LogP contribution < -0.4 is 5.32 Å². The lowest BCUT2D eigenvalue weighted by molar-refractivity contribution is -0.138. The second-order valence-electron chi connectivity index (χ2n) is 4.71. The quantitative estimate of drug-likeness (QED) is 0.770. The molecule has 0 radical (unpaired) electrons. The van der Waals surface area contributed by atoms with Gasteiger partial charge in [0.15, 0.2) is 0 Å². The lowest BCUT2D eigenvalue weighted by atomic mass is 10.1. The molecule has 2 nitrogen and oxygen atoms in total. The normalized spacial score (nSPS) is 22.9. The average Bonchev–Trinajstić information content (AvgIpc) is 2.73. The maximum absolute atomic E-state index is 13.0. The summed E-state index contributed by atoms with van der Waals surface area (Å²) in [5.74, 6) is -0.734. The lowest BCUT2D eigenvalue weighted by Gasteiger charge is -2.18. The highest BCUT2D eigenvalue weighted by molar-refractivity contribution is 9.10. The van der Waals surface area contributed by atoms with E-state index in [4.69, 9.17) is 11.6 Å². The summed E-state index contributed by atoms with van der Waals surface area (Å²) in [6.07, 6.45) is -2.26. The minimum absolute atomic E-state index is 0.219. The number of alkyl halides is 4. The van der Waals surface area contributed by atoms with Crippen molar-refractivity contribution in [2.24, 2.45) is 0 Å². The van der Waals surface area contributed by atoms with Gasteiger partial charge in [-0.1, -0.05) is 15.9 Å². The van der Waals surface area contributed by atoms with Crippen LogP contribution in [0.4, 0.5) is 13.2 Å². The maximum atomic E-state index is 13.0. The van der Waals surface area contributed by atoms with E-state index < -0.39 is 17.6 Å². The summed E-state index contributed by atoms with van der Waals surface area (Å²) >= 11 is 9.00. The third-order valence-electron chi connectivity index (χ3n) is 3.28. The molecule has 0 spiro atoms. The molecule has 1 aliphatic carbocycles. The van der Waals surface area contributed by atoms with Gasteiger partial charge >= 0.3 is 6.18 Å². The van der Waals surface area contributed by atoms with Gasteiger partial charge in [0.05, 0.1) is 16.5 Å². The van der Waals surface area contributed by atoms with Gasteiger partial charge < -0.3 is 5.32 Å². The topological polar surface area (TPSA) is 29.1 Å². The van der Waals surface area contributed by atoms with Crippen molar-refractivity contribution in [2.45, 2.75) is 36.9 Å². The third kappa shape index (κ3) is 3.47. The zero-order valence-electron chi connectivity index (χ0n) is 10.3. The van der Waals surface area contributed by atoms with Crippen molar-refractivity contribution < 1.29 is 18.0 Å². The number of halogens is 5. The van der Waals surface area contributed by atoms with Gasteiger partial charge in [-0.05, 0) is 37.5 Å². The Morgan fingerprint density at radius 1 is 1.35 bits per heavy atom. The fraction of sp³-hybridized carbons (Fsp3) is 0.462. The standard InChI is InChI=1S/C13H12BrClF3NO/c14-7-4-5-8(9(6-7)13(16,17)18)12(20)19-11-3-1-2-10(11)15/h4-6,10-11H,1-3H2,(H,19,20). The highest BCUT2D eigenvalue weighted by Gasteiger charge is 2.36. The Hall–Kier alpha value is -0.750. The summed E-state index contributed by atoms with van der Waals surface area (Å²) in [5, 5.41) is 2.37. The summed E-state index contributed by atoms with van der Waals surface area (Å²) in [5.41, 5.74) is -1.33. The minimum atomic E-state index is -4.58. The number of hydrogen-bond donors (Lipinski definition) is 1. The van der Waals surface area contributed by atoms with Crippen LogP contribution in [0.5, 0.6) is 0 Å². The van der Waals surface area contributed by atoms with Gasteiger partial charge in [0, 0.05) is 10.5 Å². The Morgan fingerprint density at radius 2 is 2.05 bits per heavy atom. The molecule has 0 aromatic heterocycles. The molecule has 1 aliphatic rings. The second kappa shape index (κ2) is 5.93. The SMILES string of the molecule is O=C(NC1CCCC1Cl)c1ccc(Br)cc1C(F)(F)F. The first-order valence-electron chi connectivity index (χ1n) is 6.10. The van der Waals surface area contributed by atoms with Gasteiger partial charge in [0.1, 0.15) is 0 Å². The van der Waals surface area contributed by atoms with Crippen LogP contribution in [0.1, 0.15) is 35.2 Å². The molecule has 1 N–H and O–H groups in total. The van der Waals surface area contributed by atoms with Gasteiger partial charge in [-0.15, -0.1) is 11.6 Å². The number of carbonyl (C=O) groups is 1. The van der Waals surface area contributed by atoms with E-state index >= 15 is 0 Å². The summed E-state index contributed by atoms with van der Waals surface area (Å²) in [6, 6.07) is 3.22. The Morgan fingerprint density at radius 3 is 2.60 bits per heavy atom. The molecule has 1 fully saturated rings. The highest BCUT2D eigenvalue weighted by Crippen LogP contribution is 2.34. The van der Waals surface area contributed by atoms with Crippen LogP contribution >= 0.6 is 27.5 Å². The van der Waals surface area contributed by atoms with Crippen LogP contribution in [-0.4, -0.2) is 17.3 Å². The number of benzene rings is 1. The van der Waals surface area contributed by atoms with Crippen molar-refractivity contribution in [1.29, 1.82) is 0 Å². The van der Waals surface area contributed by atoms with Gasteiger partial charge in [-0.25, -0.2) is 0 Å².